The SMILES string of the molecule is CNc1nnc(-c2ccc(C#N)cc2)n1C. The Kier molecular flexibility index (Phi) is 2.56. The summed E-state index contributed by atoms with van der Waals surface area (Å²) in [6.45, 7) is 0. The summed E-state index contributed by atoms with van der Waals surface area (Å²) in [6, 6.07) is 9.34. The van der Waals surface area contributed by atoms with Gasteiger partial charge in [0.2, 0.25) is 5.95 Å². The number of hydrogen-bond acceptors (Lipinski definition) is 4. The van der Waals surface area contributed by atoms with E-state index in [-0.39, 0.29) is 0 Å². The molecule has 0 radical (unpaired) electrons. The zero-order valence-corrected chi connectivity index (χ0v) is 9.10. The first-order valence-corrected chi connectivity index (χ1v) is 4.84. The van der Waals surface area contributed by atoms with Crippen LogP contribution in [-0.4, -0.2) is 21.8 Å². The maximum Gasteiger partial charge on any atom is 0.224 e. The Morgan fingerprint density at radius 3 is 2.44 bits per heavy atom. The fourth-order valence-electron chi connectivity index (χ4n) is 1.49. The molecule has 0 saturated heterocycles. The van der Waals surface area contributed by atoms with Gasteiger partial charge in [-0.05, 0) is 24.3 Å². The Balaban J connectivity index is 2.43. The zero-order chi connectivity index (χ0) is 11.5. The van der Waals surface area contributed by atoms with Crippen molar-refractivity contribution in [1.29, 1.82) is 5.26 Å². The van der Waals surface area contributed by atoms with Gasteiger partial charge in [-0.25, -0.2) is 0 Å². The van der Waals surface area contributed by atoms with Gasteiger partial charge in [0.05, 0.1) is 11.6 Å². The summed E-state index contributed by atoms with van der Waals surface area (Å²) in [5.74, 6) is 1.48. The fourth-order valence-corrected chi connectivity index (χ4v) is 1.49. The van der Waals surface area contributed by atoms with Crippen LogP contribution >= 0.6 is 0 Å². The van der Waals surface area contributed by atoms with Gasteiger partial charge in [0, 0.05) is 19.7 Å². The highest BCUT2D eigenvalue weighted by atomic mass is 15.3. The summed E-state index contributed by atoms with van der Waals surface area (Å²) >= 11 is 0. The second kappa shape index (κ2) is 4.03. The number of hydrogen-bond donors (Lipinski definition) is 1. The Labute approximate surface area is 93.4 Å². The van der Waals surface area contributed by atoms with Gasteiger partial charge in [-0.3, -0.25) is 4.57 Å². The first-order valence-electron chi connectivity index (χ1n) is 4.84. The van der Waals surface area contributed by atoms with E-state index in [0.29, 0.717) is 11.5 Å². The van der Waals surface area contributed by atoms with E-state index in [9.17, 15) is 0 Å². The van der Waals surface area contributed by atoms with Gasteiger partial charge in [-0.15, -0.1) is 10.2 Å². The average Bonchev–Trinajstić information content (AvgIpc) is 2.70. The van der Waals surface area contributed by atoms with Crippen molar-refractivity contribution >= 4 is 5.95 Å². The van der Waals surface area contributed by atoms with Crippen LogP contribution in [0.2, 0.25) is 0 Å². The van der Waals surface area contributed by atoms with Crippen LogP contribution < -0.4 is 5.32 Å². The number of nitrogens with one attached hydrogen (secondary N) is 1. The van der Waals surface area contributed by atoms with Crippen LogP contribution in [0.4, 0.5) is 5.95 Å². The molecule has 16 heavy (non-hydrogen) atoms. The topological polar surface area (TPSA) is 66.5 Å². The molecule has 1 N–H and O–H groups in total. The van der Waals surface area contributed by atoms with E-state index in [1.165, 1.54) is 0 Å². The molecule has 1 heterocycles. The first kappa shape index (κ1) is 10.2. The van der Waals surface area contributed by atoms with Crippen molar-refractivity contribution in [3.05, 3.63) is 29.8 Å². The molecule has 0 unspecified atom stereocenters. The molecule has 5 heteroatoms. The van der Waals surface area contributed by atoms with Crippen LogP contribution in [0.5, 0.6) is 0 Å². The molecule has 0 aliphatic heterocycles. The molecule has 0 saturated carbocycles. The summed E-state index contributed by atoms with van der Waals surface area (Å²) in [4.78, 5) is 0. The molecule has 0 aliphatic rings. The Hall–Kier alpha value is -2.35. The first-order chi connectivity index (χ1) is 7.76. The molecule has 2 aromatic rings. The van der Waals surface area contributed by atoms with Gasteiger partial charge < -0.3 is 5.32 Å². The number of benzene rings is 1. The Bertz CT molecular complexity index is 532. The lowest BCUT2D eigenvalue weighted by Crippen LogP contribution is -1.99. The third kappa shape index (κ3) is 1.61. The highest BCUT2D eigenvalue weighted by Gasteiger charge is 2.08. The van der Waals surface area contributed by atoms with E-state index in [2.05, 4.69) is 21.6 Å². The minimum absolute atomic E-state index is 0.639. The number of nitrogens with zero attached hydrogens (tertiary/aromatic N) is 4. The van der Waals surface area contributed by atoms with E-state index >= 15 is 0 Å². The molecule has 0 bridgehead atoms. The van der Waals surface area contributed by atoms with Gasteiger partial charge in [-0.2, -0.15) is 5.26 Å². The molecular weight excluding hydrogens is 202 g/mol. The maximum atomic E-state index is 8.70. The summed E-state index contributed by atoms with van der Waals surface area (Å²) in [5, 5.41) is 19.7. The van der Waals surface area contributed by atoms with E-state index in [0.717, 1.165) is 11.4 Å². The number of nitriles is 1. The van der Waals surface area contributed by atoms with Crippen molar-refractivity contribution in [3.8, 4) is 17.5 Å². The summed E-state index contributed by atoms with van der Waals surface area (Å²) in [6.07, 6.45) is 0. The molecule has 0 amide bonds. The van der Waals surface area contributed by atoms with Crippen LogP contribution in [0.1, 0.15) is 5.56 Å². The Morgan fingerprint density at radius 1 is 1.25 bits per heavy atom. The monoisotopic (exact) mass is 213 g/mol. The van der Waals surface area contributed by atoms with Gasteiger partial charge in [0.1, 0.15) is 0 Å². The maximum absolute atomic E-state index is 8.70. The van der Waals surface area contributed by atoms with Crippen molar-refractivity contribution in [2.24, 2.45) is 7.05 Å². The van der Waals surface area contributed by atoms with Crippen LogP contribution in [0.25, 0.3) is 11.4 Å². The van der Waals surface area contributed by atoms with Crippen LogP contribution in [-0.2, 0) is 7.05 Å². The minimum atomic E-state index is 0.639. The van der Waals surface area contributed by atoms with Crippen LogP contribution in [0.15, 0.2) is 24.3 Å². The van der Waals surface area contributed by atoms with E-state index in [1.54, 1.807) is 19.2 Å². The van der Waals surface area contributed by atoms with Crippen molar-refractivity contribution in [2.45, 2.75) is 0 Å². The Morgan fingerprint density at radius 2 is 1.94 bits per heavy atom. The minimum Gasteiger partial charge on any atom is -0.357 e. The zero-order valence-electron chi connectivity index (χ0n) is 9.10. The molecule has 0 fully saturated rings. The molecule has 1 aromatic heterocycles. The predicted octanol–water partition coefficient (Wildman–Crippen LogP) is 1.40. The van der Waals surface area contributed by atoms with Crippen molar-refractivity contribution in [1.82, 2.24) is 14.8 Å². The molecule has 0 aliphatic carbocycles. The second-order valence-electron chi connectivity index (χ2n) is 3.35. The van der Waals surface area contributed by atoms with E-state index in [1.807, 2.05) is 23.7 Å². The highest BCUT2D eigenvalue weighted by molar-refractivity contribution is 5.58. The van der Waals surface area contributed by atoms with Crippen molar-refractivity contribution in [2.75, 3.05) is 12.4 Å². The third-order valence-electron chi connectivity index (χ3n) is 2.37. The lowest BCUT2D eigenvalue weighted by Gasteiger charge is -2.02. The standard InChI is InChI=1S/C11H11N5/c1-13-11-15-14-10(16(11)2)9-5-3-8(7-12)4-6-9/h3-6H,1-2H3,(H,13,15). The molecule has 80 valence electrons. The van der Waals surface area contributed by atoms with E-state index in [4.69, 9.17) is 5.26 Å². The lowest BCUT2D eigenvalue weighted by atomic mass is 10.1. The predicted molar refractivity (Wildman–Crippen MR) is 60.7 cm³/mol. The van der Waals surface area contributed by atoms with Crippen molar-refractivity contribution in [3.63, 3.8) is 0 Å². The van der Waals surface area contributed by atoms with Gasteiger partial charge >= 0.3 is 0 Å². The quantitative estimate of drug-likeness (QED) is 0.818. The molecule has 5 nitrogen and oxygen atoms in total. The summed E-state index contributed by atoms with van der Waals surface area (Å²) < 4.78 is 1.86. The normalized spacial score (nSPS) is 9.81. The molecule has 1 aromatic carbocycles. The summed E-state index contributed by atoms with van der Waals surface area (Å²) in [5.41, 5.74) is 1.58. The molecular formula is C11H11N5. The molecule has 0 spiro atoms. The number of rotatable bonds is 2. The lowest BCUT2D eigenvalue weighted by molar-refractivity contribution is 0.925. The summed E-state index contributed by atoms with van der Waals surface area (Å²) in [7, 11) is 3.69. The third-order valence-corrected chi connectivity index (χ3v) is 2.37. The van der Waals surface area contributed by atoms with Gasteiger partial charge in [0.25, 0.3) is 0 Å². The second-order valence-corrected chi connectivity index (χ2v) is 3.35. The average molecular weight is 213 g/mol. The van der Waals surface area contributed by atoms with Crippen molar-refractivity contribution < 1.29 is 0 Å². The highest BCUT2D eigenvalue weighted by Crippen LogP contribution is 2.19. The molecule has 0 atom stereocenters. The smallest absolute Gasteiger partial charge is 0.224 e. The van der Waals surface area contributed by atoms with E-state index < -0.39 is 0 Å². The van der Waals surface area contributed by atoms with Gasteiger partial charge in [-0.1, -0.05) is 0 Å². The largest absolute Gasteiger partial charge is 0.357 e. The number of aromatic nitrogens is 3. The number of anilines is 1. The molecule has 2 rings (SSSR count). The van der Waals surface area contributed by atoms with Crippen LogP contribution in [0.3, 0.4) is 0 Å². The van der Waals surface area contributed by atoms with Crippen LogP contribution in [0, 0.1) is 11.3 Å². The fraction of sp³-hybridized carbons (Fsp3) is 0.182. The van der Waals surface area contributed by atoms with Gasteiger partial charge in [0.15, 0.2) is 5.82 Å².